The highest BCUT2D eigenvalue weighted by atomic mass is 19.4. The van der Waals surface area contributed by atoms with Crippen LogP contribution in [-0.2, 0) is 12.7 Å². The molecule has 8 heteroatoms. The molecule has 5 nitrogen and oxygen atoms in total. The number of benzene rings is 3. The number of ether oxygens (including phenoxy) is 1. The molecule has 0 saturated carbocycles. The molecule has 5 N–H and O–H groups in total. The number of nitrogens with two attached hydrogens (primary N) is 1. The average molecular weight is 469 g/mol. The normalized spacial score (nSPS) is 14.6. The second kappa shape index (κ2) is 10.2. The molecule has 0 aliphatic carbocycles. The highest BCUT2D eigenvalue weighted by Crippen LogP contribution is 2.39. The van der Waals surface area contributed by atoms with E-state index in [1.54, 1.807) is 12.1 Å². The number of piperidine rings is 1. The molecule has 1 heterocycles. The van der Waals surface area contributed by atoms with Gasteiger partial charge in [0.25, 0.3) is 0 Å². The second-order valence-electron chi connectivity index (χ2n) is 8.32. The largest absolute Gasteiger partial charge is 0.490 e. The molecule has 3 aromatic rings. The molecule has 0 amide bonds. The van der Waals surface area contributed by atoms with Crippen LogP contribution in [0.3, 0.4) is 0 Å². The third-order valence-corrected chi connectivity index (χ3v) is 5.80. The maximum absolute atomic E-state index is 13.7. The first kappa shape index (κ1) is 23.6. The molecule has 3 aromatic carbocycles. The molecule has 1 aliphatic heterocycles. The van der Waals surface area contributed by atoms with Crippen molar-refractivity contribution in [2.75, 3.05) is 18.4 Å². The zero-order chi connectivity index (χ0) is 24.1. The fourth-order valence-corrected chi connectivity index (χ4v) is 3.99. The van der Waals surface area contributed by atoms with Gasteiger partial charge in [0.2, 0.25) is 0 Å². The van der Waals surface area contributed by atoms with Gasteiger partial charge in [-0.2, -0.15) is 13.2 Å². The number of rotatable bonds is 7. The fourth-order valence-electron chi connectivity index (χ4n) is 3.99. The van der Waals surface area contributed by atoms with E-state index in [0.29, 0.717) is 30.6 Å². The first-order valence-corrected chi connectivity index (χ1v) is 11.2. The van der Waals surface area contributed by atoms with E-state index in [0.717, 1.165) is 35.8 Å². The van der Waals surface area contributed by atoms with Crippen molar-refractivity contribution in [1.29, 1.82) is 5.41 Å². The Bertz CT molecular complexity index is 1160. The van der Waals surface area contributed by atoms with Gasteiger partial charge in [0.05, 0.1) is 5.56 Å². The molecular formula is C26H27F3N4O. The summed E-state index contributed by atoms with van der Waals surface area (Å²) in [6.45, 7) is 1.83. The smallest absolute Gasteiger partial charge is 0.420 e. The minimum Gasteiger partial charge on any atom is -0.490 e. The van der Waals surface area contributed by atoms with E-state index in [2.05, 4.69) is 10.6 Å². The SMILES string of the molecule is N=C(N)c1cccc(-c2cccc(CNc3ccc(OC4CCNCC4)c(C(F)(F)F)c3)c2)c1. The van der Waals surface area contributed by atoms with Gasteiger partial charge < -0.3 is 21.1 Å². The van der Waals surface area contributed by atoms with Crippen molar-refractivity contribution in [2.24, 2.45) is 5.73 Å². The molecule has 4 rings (SSSR count). The van der Waals surface area contributed by atoms with Gasteiger partial charge in [-0.15, -0.1) is 0 Å². The molecule has 0 radical (unpaired) electrons. The molecule has 1 fully saturated rings. The van der Waals surface area contributed by atoms with Gasteiger partial charge in [0.15, 0.2) is 0 Å². The maximum Gasteiger partial charge on any atom is 0.420 e. The Morgan fingerprint density at radius 3 is 2.41 bits per heavy atom. The number of amidine groups is 1. The zero-order valence-electron chi connectivity index (χ0n) is 18.6. The van der Waals surface area contributed by atoms with Crippen molar-refractivity contribution >= 4 is 11.5 Å². The molecule has 178 valence electrons. The number of nitrogens with one attached hydrogen (secondary N) is 3. The summed E-state index contributed by atoms with van der Waals surface area (Å²) in [7, 11) is 0. The van der Waals surface area contributed by atoms with Crippen LogP contribution in [0.15, 0.2) is 66.7 Å². The van der Waals surface area contributed by atoms with Crippen LogP contribution < -0.4 is 21.1 Å². The van der Waals surface area contributed by atoms with E-state index in [1.807, 2.05) is 42.5 Å². The summed E-state index contributed by atoms with van der Waals surface area (Å²) < 4.78 is 46.9. The molecule has 0 unspecified atom stereocenters. The van der Waals surface area contributed by atoms with Crippen LogP contribution in [0, 0.1) is 5.41 Å². The Morgan fingerprint density at radius 1 is 1.00 bits per heavy atom. The number of alkyl halides is 3. The van der Waals surface area contributed by atoms with E-state index < -0.39 is 11.7 Å². The highest BCUT2D eigenvalue weighted by molar-refractivity contribution is 5.96. The standard InChI is InChI=1S/C26H27F3N4O/c27-26(28,29)23-15-21(7-8-24(23)34-22-9-11-32-12-10-22)33-16-17-3-1-4-18(13-17)19-5-2-6-20(14-19)25(30)31/h1-8,13-15,22,32-33H,9-12,16H2,(H3,30,31). The molecule has 1 aliphatic rings. The van der Waals surface area contributed by atoms with E-state index in [1.165, 1.54) is 6.07 Å². The molecule has 0 spiro atoms. The summed E-state index contributed by atoms with van der Waals surface area (Å²) in [5.74, 6) is -0.134. The first-order chi connectivity index (χ1) is 16.3. The van der Waals surface area contributed by atoms with Crippen molar-refractivity contribution in [1.82, 2.24) is 5.32 Å². The lowest BCUT2D eigenvalue weighted by molar-refractivity contribution is -0.139. The van der Waals surface area contributed by atoms with E-state index in [4.69, 9.17) is 15.9 Å². The average Bonchev–Trinajstić information content (AvgIpc) is 2.83. The fraction of sp³-hybridized carbons (Fsp3) is 0.269. The number of nitrogen functional groups attached to an aromatic ring is 1. The molecule has 0 atom stereocenters. The van der Waals surface area contributed by atoms with Gasteiger partial charge in [-0.1, -0.05) is 36.4 Å². The third-order valence-electron chi connectivity index (χ3n) is 5.80. The van der Waals surface area contributed by atoms with Crippen molar-refractivity contribution in [2.45, 2.75) is 31.7 Å². The highest BCUT2D eigenvalue weighted by Gasteiger charge is 2.35. The quantitative estimate of drug-likeness (QED) is 0.276. The molecular weight excluding hydrogens is 441 g/mol. The van der Waals surface area contributed by atoms with Crippen LogP contribution in [-0.4, -0.2) is 25.0 Å². The number of hydrogen-bond donors (Lipinski definition) is 4. The van der Waals surface area contributed by atoms with Crippen molar-refractivity contribution in [3.8, 4) is 16.9 Å². The number of anilines is 1. The molecule has 0 bridgehead atoms. The molecule has 34 heavy (non-hydrogen) atoms. The first-order valence-electron chi connectivity index (χ1n) is 11.2. The van der Waals surface area contributed by atoms with Crippen molar-refractivity contribution in [3.05, 3.63) is 83.4 Å². The van der Waals surface area contributed by atoms with Crippen LogP contribution in [0.25, 0.3) is 11.1 Å². The second-order valence-corrected chi connectivity index (χ2v) is 8.32. The summed E-state index contributed by atoms with van der Waals surface area (Å²) >= 11 is 0. The predicted octanol–water partition coefficient (Wildman–Crippen LogP) is 5.40. The van der Waals surface area contributed by atoms with Crippen molar-refractivity contribution in [3.63, 3.8) is 0 Å². The van der Waals surface area contributed by atoms with Crippen LogP contribution in [0.5, 0.6) is 5.75 Å². The Morgan fingerprint density at radius 2 is 1.71 bits per heavy atom. The lowest BCUT2D eigenvalue weighted by atomic mass is 10.0. The summed E-state index contributed by atoms with van der Waals surface area (Å²) in [4.78, 5) is 0. The van der Waals surface area contributed by atoms with Crippen LogP contribution in [0.2, 0.25) is 0 Å². The van der Waals surface area contributed by atoms with E-state index >= 15 is 0 Å². The topological polar surface area (TPSA) is 83.2 Å². The van der Waals surface area contributed by atoms with Gasteiger partial charge in [-0.05, 0) is 73.0 Å². The lowest BCUT2D eigenvalue weighted by Gasteiger charge is -2.25. The van der Waals surface area contributed by atoms with Gasteiger partial charge in [-0.3, -0.25) is 5.41 Å². The zero-order valence-corrected chi connectivity index (χ0v) is 18.6. The number of halogens is 3. The van der Waals surface area contributed by atoms with E-state index in [9.17, 15) is 13.2 Å². The van der Waals surface area contributed by atoms with Crippen LogP contribution in [0.1, 0.15) is 29.5 Å². The monoisotopic (exact) mass is 468 g/mol. The predicted molar refractivity (Wildman–Crippen MR) is 128 cm³/mol. The maximum atomic E-state index is 13.7. The Labute approximate surface area is 196 Å². The van der Waals surface area contributed by atoms with Crippen LogP contribution >= 0.6 is 0 Å². The van der Waals surface area contributed by atoms with Gasteiger partial charge in [-0.25, -0.2) is 0 Å². The minimum absolute atomic E-state index is 0.00674. The minimum atomic E-state index is -4.51. The Balaban J connectivity index is 1.49. The molecule has 0 aromatic heterocycles. The van der Waals surface area contributed by atoms with Gasteiger partial charge in [0.1, 0.15) is 17.7 Å². The van der Waals surface area contributed by atoms with Gasteiger partial charge >= 0.3 is 6.18 Å². The number of hydrogen-bond acceptors (Lipinski definition) is 4. The van der Waals surface area contributed by atoms with Gasteiger partial charge in [0, 0.05) is 17.8 Å². The summed E-state index contributed by atoms with van der Waals surface area (Å²) in [6, 6.07) is 19.2. The third kappa shape index (κ3) is 5.88. The summed E-state index contributed by atoms with van der Waals surface area (Å²) in [6.07, 6.45) is -3.36. The molecule has 1 saturated heterocycles. The summed E-state index contributed by atoms with van der Waals surface area (Å²) in [5.41, 5.74) is 8.58. The van der Waals surface area contributed by atoms with Crippen molar-refractivity contribution < 1.29 is 17.9 Å². The lowest BCUT2D eigenvalue weighted by Crippen LogP contribution is -2.34. The Kier molecular flexibility index (Phi) is 7.07. The summed E-state index contributed by atoms with van der Waals surface area (Å²) in [5, 5.41) is 13.9. The van der Waals surface area contributed by atoms with Crippen LogP contribution in [0.4, 0.5) is 18.9 Å². The van der Waals surface area contributed by atoms with E-state index in [-0.39, 0.29) is 17.7 Å². The Hall–Kier alpha value is -3.52.